The summed E-state index contributed by atoms with van der Waals surface area (Å²) < 4.78 is 12.2. The summed E-state index contributed by atoms with van der Waals surface area (Å²) in [5, 5.41) is 13.1. The first kappa shape index (κ1) is 34.5. The molecule has 3 heterocycles. The van der Waals surface area contributed by atoms with Crippen molar-refractivity contribution in [2.75, 3.05) is 31.2 Å². The third kappa shape index (κ3) is 6.53. The minimum absolute atomic E-state index is 0.0924. The maximum absolute atomic E-state index is 14.7. The van der Waals surface area contributed by atoms with Crippen LogP contribution in [0.2, 0.25) is 0 Å². The molecule has 0 aliphatic carbocycles. The van der Waals surface area contributed by atoms with E-state index in [0.29, 0.717) is 18.5 Å². The van der Waals surface area contributed by atoms with Gasteiger partial charge >= 0.3 is 5.97 Å². The zero-order valence-corrected chi connectivity index (χ0v) is 28.4. The topological polar surface area (TPSA) is 125 Å². The Morgan fingerprint density at radius 1 is 1.19 bits per heavy atom. The van der Waals surface area contributed by atoms with Crippen LogP contribution in [0.5, 0.6) is 0 Å². The van der Waals surface area contributed by atoms with Gasteiger partial charge in [-0.1, -0.05) is 70.5 Å². The lowest BCUT2D eigenvalue weighted by atomic mass is 9.70. The normalized spacial score (nSPS) is 26.4. The number of carbonyl (C=O) groups excluding carboxylic acids is 4. The number of allylic oxidation sites excluding steroid dienone is 1. The van der Waals surface area contributed by atoms with Crippen molar-refractivity contribution in [1.29, 1.82) is 0 Å². The molecule has 3 aliphatic rings. The van der Waals surface area contributed by atoms with Crippen LogP contribution in [0.4, 0.5) is 5.69 Å². The Morgan fingerprint density at radius 2 is 1.94 bits per heavy atom. The van der Waals surface area contributed by atoms with E-state index in [1.165, 1.54) is 4.90 Å². The standard InChI is InChI=1S/C36H42BrN3O7/c1-5-7-13-28(42)46-21-26(24-11-9-8-10-12-24)38-33(43)29-30-34(44)40(17-18-41)32(36(30)20-25(37)31(29)47-36)35(45)39(16-6-2)27-19-22(3)14-15-23(27)4/h5-6,8-12,14-15,19,25-26,29-32,41H,1-2,7,13,16-18,20-21H2,3-4H3,(H,38,43)/t25?,26-,29-,30+,31-,32-,36+/m0/s1. The van der Waals surface area contributed by atoms with Crippen LogP contribution in [0.3, 0.4) is 0 Å². The third-order valence-electron chi connectivity index (χ3n) is 9.38. The van der Waals surface area contributed by atoms with Gasteiger partial charge in [-0.05, 0) is 49.4 Å². The molecule has 3 amide bonds. The zero-order valence-electron chi connectivity index (χ0n) is 26.8. The van der Waals surface area contributed by atoms with Gasteiger partial charge in [0.1, 0.15) is 18.2 Å². The lowest BCUT2D eigenvalue weighted by Crippen LogP contribution is -2.57. The Balaban J connectivity index is 1.48. The highest BCUT2D eigenvalue weighted by Gasteiger charge is 2.76. The molecule has 1 unspecified atom stereocenters. The van der Waals surface area contributed by atoms with E-state index in [1.807, 2.05) is 62.4 Å². The van der Waals surface area contributed by atoms with Crippen molar-refractivity contribution in [3.63, 3.8) is 0 Å². The average molecular weight is 709 g/mol. The molecule has 11 heteroatoms. The van der Waals surface area contributed by atoms with Crippen LogP contribution in [-0.4, -0.2) is 82.6 Å². The number of carbonyl (C=O) groups is 4. The summed E-state index contributed by atoms with van der Waals surface area (Å²) in [6.07, 6.45) is 3.55. The number of ether oxygens (including phenoxy) is 2. The molecule has 10 nitrogen and oxygen atoms in total. The van der Waals surface area contributed by atoms with Crippen molar-refractivity contribution < 1.29 is 33.8 Å². The predicted molar refractivity (Wildman–Crippen MR) is 181 cm³/mol. The van der Waals surface area contributed by atoms with Crippen molar-refractivity contribution in [3.8, 4) is 0 Å². The van der Waals surface area contributed by atoms with Gasteiger partial charge in [0.25, 0.3) is 5.91 Å². The molecular formula is C36H42BrN3O7. The molecule has 2 aromatic rings. The minimum atomic E-state index is -1.30. The number of benzene rings is 2. The number of anilines is 1. The van der Waals surface area contributed by atoms with E-state index in [4.69, 9.17) is 9.47 Å². The number of esters is 1. The molecule has 47 heavy (non-hydrogen) atoms. The summed E-state index contributed by atoms with van der Waals surface area (Å²) in [6, 6.07) is 13.2. The molecule has 2 aromatic carbocycles. The van der Waals surface area contributed by atoms with Crippen LogP contribution in [-0.2, 0) is 28.7 Å². The predicted octanol–water partition coefficient (Wildman–Crippen LogP) is 3.93. The number of rotatable bonds is 14. The number of hydrogen-bond donors (Lipinski definition) is 2. The Labute approximate surface area is 283 Å². The number of β-amino-alcohol motifs (C(OH)–C–C–N with tert-alkyl or cyclic N) is 1. The molecule has 2 bridgehead atoms. The van der Waals surface area contributed by atoms with Gasteiger partial charge in [-0.2, -0.15) is 0 Å². The first-order chi connectivity index (χ1) is 22.6. The quantitative estimate of drug-likeness (QED) is 0.173. The van der Waals surface area contributed by atoms with E-state index in [0.717, 1.165) is 16.7 Å². The number of alkyl halides is 1. The van der Waals surface area contributed by atoms with Crippen molar-refractivity contribution in [2.45, 2.75) is 61.7 Å². The second-order valence-corrected chi connectivity index (χ2v) is 13.6. The Bertz CT molecular complexity index is 1530. The molecule has 3 saturated heterocycles. The number of amides is 3. The number of aryl methyl sites for hydroxylation is 2. The Hall–Kier alpha value is -3.80. The second kappa shape index (κ2) is 14.5. The molecule has 5 rings (SSSR count). The largest absolute Gasteiger partial charge is 0.463 e. The van der Waals surface area contributed by atoms with Crippen LogP contribution in [0.1, 0.15) is 42.0 Å². The van der Waals surface area contributed by atoms with E-state index in [-0.39, 0.29) is 43.5 Å². The van der Waals surface area contributed by atoms with Crippen molar-refractivity contribution in [3.05, 3.63) is 90.5 Å². The smallest absolute Gasteiger partial charge is 0.306 e. The highest BCUT2D eigenvalue weighted by Crippen LogP contribution is 2.60. The fourth-order valence-electron chi connectivity index (χ4n) is 7.29. The first-order valence-electron chi connectivity index (χ1n) is 15.9. The fourth-order valence-corrected chi connectivity index (χ4v) is 8.24. The van der Waals surface area contributed by atoms with E-state index >= 15 is 0 Å². The summed E-state index contributed by atoms with van der Waals surface area (Å²) >= 11 is 3.71. The maximum atomic E-state index is 14.7. The lowest BCUT2D eigenvalue weighted by Gasteiger charge is -2.37. The van der Waals surface area contributed by atoms with Crippen LogP contribution in [0, 0.1) is 25.7 Å². The average Bonchev–Trinajstić information content (AvgIpc) is 3.65. The van der Waals surface area contributed by atoms with Crippen LogP contribution < -0.4 is 10.2 Å². The highest BCUT2D eigenvalue weighted by atomic mass is 79.9. The molecule has 3 fully saturated rings. The van der Waals surface area contributed by atoms with E-state index < -0.39 is 53.4 Å². The van der Waals surface area contributed by atoms with E-state index in [9.17, 15) is 24.3 Å². The van der Waals surface area contributed by atoms with Gasteiger partial charge in [-0.15, -0.1) is 13.2 Å². The number of nitrogens with one attached hydrogen (secondary N) is 1. The van der Waals surface area contributed by atoms with Gasteiger partial charge in [-0.3, -0.25) is 19.2 Å². The van der Waals surface area contributed by atoms with Crippen LogP contribution in [0.15, 0.2) is 73.8 Å². The SMILES string of the molecule is C=CCCC(=O)OC[C@H](NC(=O)[C@@H]1[C@H]2O[C@@]3(CC2Br)[C@H](C(=O)N(CC=C)c2cc(C)ccc2C)N(CCO)C(=O)[C@@H]13)c1ccccc1. The number of hydrogen-bond acceptors (Lipinski definition) is 7. The van der Waals surface area contributed by atoms with Gasteiger partial charge in [0.05, 0.1) is 30.6 Å². The summed E-state index contributed by atoms with van der Waals surface area (Å²) in [5.41, 5.74) is 1.96. The number of nitrogens with zero attached hydrogens (tertiary/aromatic N) is 2. The van der Waals surface area contributed by atoms with Crippen molar-refractivity contribution in [1.82, 2.24) is 10.2 Å². The van der Waals surface area contributed by atoms with Gasteiger partial charge in [0.2, 0.25) is 11.8 Å². The molecule has 2 N–H and O–H groups in total. The van der Waals surface area contributed by atoms with Crippen LogP contribution in [0.25, 0.3) is 0 Å². The second-order valence-electron chi connectivity index (χ2n) is 12.4. The van der Waals surface area contributed by atoms with E-state index in [2.05, 4.69) is 34.4 Å². The summed E-state index contributed by atoms with van der Waals surface area (Å²) in [7, 11) is 0. The monoisotopic (exact) mass is 707 g/mol. The highest BCUT2D eigenvalue weighted by molar-refractivity contribution is 9.09. The number of aliphatic hydroxyl groups is 1. The molecular weight excluding hydrogens is 666 g/mol. The van der Waals surface area contributed by atoms with E-state index in [1.54, 1.807) is 17.1 Å². The zero-order chi connectivity index (χ0) is 33.9. The molecule has 1 spiro atoms. The molecule has 0 saturated carbocycles. The number of halogens is 1. The molecule has 0 radical (unpaired) electrons. The summed E-state index contributed by atoms with van der Waals surface area (Å²) in [4.78, 5) is 58.2. The molecule has 3 aliphatic heterocycles. The first-order valence-corrected chi connectivity index (χ1v) is 16.8. The molecule has 0 aromatic heterocycles. The number of likely N-dealkylation sites (tertiary alicyclic amines) is 1. The van der Waals surface area contributed by atoms with Crippen LogP contribution >= 0.6 is 15.9 Å². The Kier molecular flexibility index (Phi) is 10.7. The maximum Gasteiger partial charge on any atom is 0.306 e. The number of fused-ring (bicyclic) bond motifs is 1. The minimum Gasteiger partial charge on any atom is -0.463 e. The Morgan fingerprint density at radius 3 is 2.62 bits per heavy atom. The molecule has 7 atom stereocenters. The summed E-state index contributed by atoms with van der Waals surface area (Å²) in [6.45, 7) is 11.0. The van der Waals surface area contributed by atoms with Gasteiger partial charge in [0, 0.05) is 30.0 Å². The van der Waals surface area contributed by atoms with Crippen molar-refractivity contribution in [2.24, 2.45) is 11.8 Å². The third-order valence-corrected chi connectivity index (χ3v) is 10.2. The summed E-state index contributed by atoms with van der Waals surface area (Å²) in [5.74, 6) is -3.52. The van der Waals surface area contributed by atoms with Gasteiger partial charge < -0.3 is 29.7 Å². The fraction of sp³-hybridized carbons (Fsp3) is 0.444. The van der Waals surface area contributed by atoms with Gasteiger partial charge in [-0.25, -0.2) is 0 Å². The lowest BCUT2D eigenvalue weighted by molar-refractivity contribution is -0.146. The van der Waals surface area contributed by atoms with Gasteiger partial charge in [0.15, 0.2) is 0 Å². The van der Waals surface area contributed by atoms with Crippen molar-refractivity contribution >= 4 is 45.3 Å². The number of aliphatic hydroxyl groups excluding tert-OH is 1. The molecule has 250 valence electrons.